The second kappa shape index (κ2) is 5.78. The topological polar surface area (TPSA) is 49.3 Å². The highest BCUT2D eigenvalue weighted by Gasteiger charge is 2.06. The predicted octanol–water partition coefficient (Wildman–Crippen LogP) is 1.18. The molecule has 1 atom stereocenters. The van der Waals surface area contributed by atoms with Gasteiger partial charge in [0.1, 0.15) is 0 Å². The van der Waals surface area contributed by atoms with Crippen molar-refractivity contribution in [2.24, 2.45) is 0 Å². The number of aliphatic hydroxyl groups excluding tert-OH is 1. The third-order valence-corrected chi connectivity index (χ3v) is 2.80. The Hall–Kier alpha value is -0.870. The normalized spacial score (nSPS) is 12.4. The first kappa shape index (κ1) is 11.2. The van der Waals surface area contributed by atoms with Crippen molar-refractivity contribution in [3.05, 3.63) is 22.4 Å². The fraction of sp³-hybridized carbons (Fsp3) is 0.500. The molecule has 0 spiro atoms. The summed E-state index contributed by atoms with van der Waals surface area (Å²) in [7, 11) is 0. The van der Waals surface area contributed by atoms with Crippen LogP contribution >= 0.6 is 11.3 Å². The molecule has 0 saturated carbocycles. The number of aryl methyl sites for hydroxylation is 1. The summed E-state index contributed by atoms with van der Waals surface area (Å²) < 4.78 is 0. The minimum absolute atomic E-state index is 0.0000463. The van der Waals surface area contributed by atoms with Gasteiger partial charge in [-0.15, -0.1) is 11.3 Å². The Morgan fingerprint density at radius 2 is 2.50 bits per heavy atom. The molecule has 78 valence electrons. The summed E-state index contributed by atoms with van der Waals surface area (Å²) in [5, 5.41) is 13.4. The molecule has 1 rings (SSSR count). The molecule has 0 saturated heterocycles. The van der Waals surface area contributed by atoms with E-state index < -0.39 is 0 Å². The average molecular weight is 213 g/mol. The van der Waals surface area contributed by atoms with E-state index in [4.69, 9.17) is 5.11 Å². The number of nitrogens with one attached hydrogen (secondary N) is 1. The molecule has 14 heavy (non-hydrogen) atoms. The van der Waals surface area contributed by atoms with E-state index in [9.17, 15) is 4.79 Å². The van der Waals surface area contributed by atoms with Crippen LogP contribution in [0.2, 0.25) is 0 Å². The van der Waals surface area contributed by atoms with Crippen molar-refractivity contribution < 1.29 is 9.90 Å². The molecule has 0 bridgehead atoms. The Kier molecular flexibility index (Phi) is 4.62. The van der Waals surface area contributed by atoms with Gasteiger partial charge in [0.25, 0.3) is 0 Å². The zero-order valence-corrected chi connectivity index (χ0v) is 9.01. The Morgan fingerprint density at radius 3 is 3.07 bits per heavy atom. The van der Waals surface area contributed by atoms with E-state index in [-0.39, 0.29) is 18.6 Å². The summed E-state index contributed by atoms with van der Waals surface area (Å²) in [5.74, 6) is -0.0000463. The number of carbonyl (C=O) groups excluding carboxylic acids is 1. The van der Waals surface area contributed by atoms with Crippen LogP contribution in [-0.4, -0.2) is 23.7 Å². The number of amides is 1. The summed E-state index contributed by atoms with van der Waals surface area (Å²) in [6.07, 6.45) is 1.27. The molecule has 0 radical (unpaired) electrons. The largest absolute Gasteiger partial charge is 0.394 e. The van der Waals surface area contributed by atoms with Gasteiger partial charge in [-0.2, -0.15) is 0 Å². The Balaban J connectivity index is 2.22. The molecule has 0 fully saturated rings. The first-order valence-corrected chi connectivity index (χ1v) is 5.53. The quantitative estimate of drug-likeness (QED) is 0.771. The molecular weight excluding hydrogens is 198 g/mol. The maximum Gasteiger partial charge on any atom is 0.220 e. The maximum atomic E-state index is 11.3. The molecule has 1 heterocycles. The Labute approximate surface area is 87.8 Å². The van der Waals surface area contributed by atoms with Crippen molar-refractivity contribution in [3.63, 3.8) is 0 Å². The minimum atomic E-state index is -0.147. The summed E-state index contributed by atoms with van der Waals surface area (Å²) in [5.41, 5.74) is 0. The van der Waals surface area contributed by atoms with Gasteiger partial charge in [-0.05, 0) is 24.8 Å². The van der Waals surface area contributed by atoms with Crippen LogP contribution in [0.3, 0.4) is 0 Å². The van der Waals surface area contributed by atoms with Crippen LogP contribution in [0.15, 0.2) is 17.5 Å². The fourth-order valence-corrected chi connectivity index (χ4v) is 1.79. The summed E-state index contributed by atoms with van der Waals surface area (Å²) in [6.45, 7) is 1.77. The lowest BCUT2D eigenvalue weighted by Crippen LogP contribution is -2.35. The number of rotatable bonds is 5. The van der Waals surface area contributed by atoms with Crippen molar-refractivity contribution in [1.29, 1.82) is 0 Å². The van der Waals surface area contributed by atoms with Crippen LogP contribution < -0.4 is 5.32 Å². The van der Waals surface area contributed by atoms with Gasteiger partial charge >= 0.3 is 0 Å². The van der Waals surface area contributed by atoms with Gasteiger partial charge in [-0.25, -0.2) is 0 Å². The summed E-state index contributed by atoms with van der Waals surface area (Å²) in [6, 6.07) is 3.85. The van der Waals surface area contributed by atoms with E-state index in [0.717, 1.165) is 6.42 Å². The van der Waals surface area contributed by atoms with Crippen LogP contribution in [0.4, 0.5) is 0 Å². The lowest BCUT2D eigenvalue weighted by molar-refractivity contribution is -0.121. The minimum Gasteiger partial charge on any atom is -0.394 e. The predicted molar refractivity (Wildman–Crippen MR) is 57.3 cm³/mol. The van der Waals surface area contributed by atoms with E-state index in [1.807, 2.05) is 17.5 Å². The summed E-state index contributed by atoms with van der Waals surface area (Å²) >= 11 is 1.66. The third-order valence-electron chi connectivity index (χ3n) is 1.86. The molecule has 0 aliphatic rings. The number of thiophene rings is 1. The highest BCUT2D eigenvalue weighted by molar-refractivity contribution is 7.09. The Bertz CT molecular complexity index is 272. The Morgan fingerprint density at radius 1 is 1.71 bits per heavy atom. The maximum absolute atomic E-state index is 11.3. The van der Waals surface area contributed by atoms with Crippen molar-refractivity contribution in [2.75, 3.05) is 6.61 Å². The van der Waals surface area contributed by atoms with E-state index in [2.05, 4.69) is 5.32 Å². The molecule has 0 aromatic carbocycles. The third kappa shape index (κ3) is 3.89. The number of aliphatic hydroxyl groups is 1. The molecular formula is C10H15NO2S. The van der Waals surface area contributed by atoms with Crippen molar-refractivity contribution >= 4 is 17.2 Å². The van der Waals surface area contributed by atoms with Crippen molar-refractivity contribution in [1.82, 2.24) is 5.32 Å². The number of carbonyl (C=O) groups is 1. The zero-order chi connectivity index (χ0) is 10.4. The van der Waals surface area contributed by atoms with Crippen LogP contribution in [-0.2, 0) is 11.2 Å². The van der Waals surface area contributed by atoms with Gasteiger partial charge in [-0.1, -0.05) is 6.07 Å². The van der Waals surface area contributed by atoms with Gasteiger partial charge in [0, 0.05) is 17.3 Å². The monoisotopic (exact) mass is 213 g/mol. The first-order valence-electron chi connectivity index (χ1n) is 4.65. The molecule has 1 aromatic heterocycles. The molecule has 0 aliphatic carbocycles. The molecule has 3 nitrogen and oxygen atoms in total. The SMILES string of the molecule is C[C@H](CO)NC(=O)CCc1cccs1. The standard InChI is InChI=1S/C10H15NO2S/c1-8(7-12)11-10(13)5-4-9-3-2-6-14-9/h2-3,6,8,12H,4-5,7H2,1H3,(H,11,13)/t8-/m1/s1. The molecule has 0 unspecified atom stereocenters. The van der Waals surface area contributed by atoms with Crippen LogP contribution in [0.25, 0.3) is 0 Å². The van der Waals surface area contributed by atoms with Crippen LogP contribution in [0.1, 0.15) is 18.2 Å². The van der Waals surface area contributed by atoms with Gasteiger partial charge in [0.15, 0.2) is 0 Å². The van der Waals surface area contributed by atoms with Crippen molar-refractivity contribution in [2.45, 2.75) is 25.8 Å². The van der Waals surface area contributed by atoms with E-state index in [1.165, 1.54) is 4.88 Å². The fourth-order valence-electron chi connectivity index (χ4n) is 1.08. The molecule has 0 aliphatic heterocycles. The smallest absolute Gasteiger partial charge is 0.220 e. The van der Waals surface area contributed by atoms with Gasteiger partial charge in [0.2, 0.25) is 5.91 Å². The van der Waals surface area contributed by atoms with E-state index in [0.29, 0.717) is 6.42 Å². The molecule has 1 aromatic rings. The van der Waals surface area contributed by atoms with E-state index >= 15 is 0 Å². The highest BCUT2D eigenvalue weighted by atomic mass is 32.1. The van der Waals surface area contributed by atoms with Gasteiger partial charge in [-0.3, -0.25) is 4.79 Å². The van der Waals surface area contributed by atoms with Crippen molar-refractivity contribution in [3.8, 4) is 0 Å². The number of hydrogen-bond donors (Lipinski definition) is 2. The van der Waals surface area contributed by atoms with Gasteiger partial charge in [0.05, 0.1) is 6.61 Å². The first-order chi connectivity index (χ1) is 6.72. The second-order valence-electron chi connectivity index (χ2n) is 3.23. The second-order valence-corrected chi connectivity index (χ2v) is 4.26. The lowest BCUT2D eigenvalue weighted by Gasteiger charge is -2.09. The summed E-state index contributed by atoms with van der Waals surface area (Å²) in [4.78, 5) is 12.5. The van der Waals surface area contributed by atoms with Crippen LogP contribution in [0.5, 0.6) is 0 Å². The van der Waals surface area contributed by atoms with Crippen LogP contribution in [0, 0.1) is 0 Å². The van der Waals surface area contributed by atoms with E-state index in [1.54, 1.807) is 18.3 Å². The molecule has 1 amide bonds. The molecule has 2 N–H and O–H groups in total. The zero-order valence-electron chi connectivity index (χ0n) is 8.19. The number of hydrogen-bond acceptors (Lipinski definition) is 3. The molecule has 4 heteroatoms. The average Bonchev–Trinajstić information content (AvgIpc) is 2.67. The van der Waals surface area contributed by atoms with Gasteiger partial charge < -0.3 is 10.4 Å². The lowest BCUT2D eigenvalue weighted by atomic mass is 10.2. The highest BCUT2D eigenvalue weighted by Crippen LogP contribution is 2.10.